The third-order valence-corrected chi connectivity index (χ3v) is 6.96. The number of benzene rings is 1. The number of aromatic amines is 1. The number of carbonyl (C=O) groups excluding carboxylic acids is 1. The first-order valence-electron chi connectivity index (χ1n) is 10.5. The Morgan fingerprint density at radius 3 is 2.83 bits per heavy atom. The van der Waals surface area contributed by atoms with Crippen LogP contribution in [0.25, 0.3) is 10.2 Å². The second-order valence-electron chi connectivity index (χ2n) is 7.72. The first-order chi connectivity index (χ1) is 14.2. The Morgan fingerprint density at radius 1 is 1.24 bits per heavy atom. The summed E-state index contributed by atoms with van der Waals surface area (Å²) in [6, 6.07) is 10.3. The Morgan fingerprint density at radius 2 is 2.03 bits per heavy atom. The van der Waals surface area contributed by atoms with Gasteiger partial charge in [-0.1, -0.05) is 37.3 Å². The molecule has 0 fully saturated rings. The number of aromatic nitrogens is 2. The van der Waals surface area contributed by atoms with Gasteiger partial charge in [-0.2, -0.15) is 0 Å². The van der Waals surface area contributed by atoms with Crippen LogP contribution in [0.15, 0.2) is 35.1 Å². The molecule has 2 N–H and O–H groups in total. The van der Waals surface area contributed by atoms with E-state index in [0.717, 1.165) is 35.9 Å². The van der Waals surface area contributed by atoms with E-state index < -0.39 is 0 Å². The highest BCUT2D eigenvalue weighted by Crippen LogP contribution is 2.33. The summed E-state index contributed by atoms with van der Waals surface area (Å²) in [5, 5.41) is 3.81. The van der Waals surface area contributed by atoms with E-state index >= 15 is 0 Å². The van der Waals surface area contributed by atoms with Crippen molar-refractivity contribution in [1.82, 2.24) is 15.3 Å². The van der Waals surface area contributed by atoms with Gasteiger partial charge in [0, 0.05) is 30.2 Å². The molecule has 1 aliphatic carbocycles. The average molecular weight is 410 g/mol. The molecule has 0 saturated heterocycles. The van der Waals surface area contributed by atoms with Crippen LogP contribution in [-0.4, -0.2) is 22.4 Å². The number of amides is 1. The fourth-order valence-corrected chi connectivity index (χ4v) is 5.39. The molecule has 0 spiro atoms. The van der Waals surface area contributed by atoms with Crippen molar-refractivity contribution in [2.75, 3.05) is 6.54 Å². The number of carbonyl (C=O) groups is 1. The van der Waals surface area contributed by atoms with Crippen LogP contribution in [0.1, 0.15) is 60.4 Å². The first-order valence-corrected chi connectivity index (χ1v) is 11.3. The molecule has 0 saturated carbocycles. The van der Waals surface area contributed by atoms with Crippen molar-refractivity contribution in [2.24, 2.45) is 0 Å². The summed E-state index contributed by atoms with van der Waals surface area (Å²) in [6.45, 7) is 2.76. The van der Waals surface area contributed by atoms with Gasteiger partial charge in [0.25, 0.3) is 5.56 Å². The minimum atomic E-state index is -0.0556. The third kappa shape index (κ3) is 4.42. The van der Waals surface area contributed by atoms with Crippen LogP contribution in [0, 0.1) is 0 Å². The molecule has 152 valence electrons. The molecule has 1 atom stereocenters. The summed E-state index contributed by atoms with van der Waals surface area (Å²) in [5.74, 6) is 0.908. The monoisotopic (exact) mass is 409 g/mol. The van der Waals surface area contributed by atoms with Crippen LogP contribution >= 0.6 is 11.3 Å². The van der Waals surface area contributed by atoms with E-state index in [1.54, 1.807) is 11.3 Å². The number of rotatable bonds is 7. The van der Waals surface area contributed by atoms with E-state index in [2.05, 4.69) is 34.3 Å². The number of nitrogens with one attached hydrogen (secondary N) is 2. The predicted octanol–water partition coefficient (Wildman–Crippen LogP) is 4.11. The molecule has 4 rings (SSSR count). The quantitative estimate of drug-likeness (QED) is 0.617. The molecule has 1 aliphatic rings. The van der Waals surface area contributed by atoms with Crippen molar-refractivity contribution in [2.45, 2.75) is 57.8 Å². The number of H-pyrrole nitrogens is 1. The highest BCUT2D eigenvalue weighted by molar-refractivity contribution is 7.18. The summed E-state index contributed by atoms with van der Waals surface area (Å²) >= 11 is 1.65. The van der Waals surface area contributed by atoms with Gasteiger partial charge in [-0.3, -0.25) is 9.59 Å². The zero-order chi connectivity index (χ0) is 20.2. The lowest BCUT2D eigenvalue weighted by Gasteiger charge is -2.16. The van der Waals surface area contributed by atoms with E-state index in [4.69, 9.17) is 0 Å². The molecule has 0 bridgehead atoms. The van der Waals surface area contributed by atoms with Crippen molar-refractivity contribution in [3.63, 3.8) is 0 Å². The maximum atomic E-state index is 12.6. The van der Waals surface area contributed by atoms with E-state index in [1.807, 2.05) is 18.2 Å². The van der Waals surface area contributed by atoms with Crippen LogP contribution in [0.3, 0.4) is 0 Å². The lowest BCUT2D eigenvalue weighted by atomic mass is 9.96. The number of hydrogen-bond donors (Lipinski definition) is 2. The van der Waals surface area contributed by atoms with E-state index in [0.29, 0.717) is 31.1 Å². The van der Waals surface area contributed by atoms with Gasteiger partial charge in [-0.05, 0) is 43.2 Å². The summed E-state index contributed by atoms with van der Waals surface area (Å²) in [4.78, 5) is 34.6. The van der Waals surface area contributed by atoms with Gasteiger partial charge in [0.05, 0.1) is 5.39 Å². The third-order valence-electron chi connectivity index (χ3n) is 5.77. The molecule has 1 amide bonds. The number of aryl methyl sites for hydroxylation is 3. The normalized spacial score (nSPS) is 14.5. The fraction of sp³-hybridized carbons (Fsp3) is 0.435. The molecule has 2 heterocycles. The van der Waals surface area contributed by atoms with Crippen molar-refractivity contribution < 1.29 is 4.79 Å². The van der Waals surface area contributed by atoms with Gasteiger partial charge in [0.1, 0.15) is 10.7 Å². The van der Waals surface area contributed by atoms with Crippen LogP contribution in [0.4, 0.5) is 0 Å². The Kier molecular flexibility index (Phi) is 6.09. The lowest BCUT2D eigenvalue weighted by Crippen LogP contribution is -2.28. The molecule has 1 unspecified atom stereocenters. The van der Waals surface area contributed by atoms with Gasteiger partial charge >= 0.3 is 0 Å². The van der Waals surface area contributed by atoms with Gasteiger partial charge in [0.15, 0.2) is 0 Å². The SMILES string of the molecule is CCC(CNC(=O)CCc1nc2sc3c(c2c(=O)[nH]1)CCCC3)c1ccccc1. The zero-order valence-corrected chi connectivity index (χ0v) is 17.6. The van der Waals surface area contributed by atoms with Crippen LogP contribution < -0.4 is 10.9 Å². The first kappa shape index (κ1) is 19.8. The highest BCUT2D eigenvalue weighted by atomic mass is 32.1. The van der Waals surface area contributed by atoms with Gasteiger partial charge in [-0.25, -0.2) is 4.98 Å². The summed E-state index contributed by atoms with van der Waals surface area (Å²) in [5.41, 5.74) is 2.38. The highest BCUT2D eigenvalue weighted by Gasteiger charge is 2.20. The Bertz CT molecular complexity index is 1060. The van der Waals surface area contributed by atoms with Crippen LogP contribution in [0.2, 0.25) is 0 Å². The second-order valence-corrected chi connectivity index (χ2v) is 8.81. The topological polar surface area (TPSA) is 74.8 Å². The molecule has 1 aromatic carbocycles. The Labute approximate surface area is 174 Å². The molecule has 29 heavy (non-hydrogen) atoms. The zero-order valence-electron chi connectivity index (χ0n) is 16.8. The second kappa shape index (κ2) is 8.91. The molecular weight excluding hydrogens is 382 g/mol. The summed E-state index contributed by atoms with van der Waals surface area (Å²) in [7, 11) is 0. The van der Waals surface area contributed by atoms with Crippen molar-refractivity contribution >= 4 is 27.5 Å². The molecule has 0 radical (unpaired) electrons. The predicted molar refractivity (Wildman–Crippen MR) is 118 cm³/mol. The largest absolute Gasteiger partial charge is 0.355 e. The van der Waals surface area contributed by atoms with Crippen molar-refractivity contribution in [1.29, 1.82) is 0 Å². The minimum Gasteiger partial charge on any atom is -0.355 e. The fourth-order valence-electron chi connectivity index (χ4n) is 4.11. The lowest BCUT2D eigenvalue weighted by molar-refractivity contribution is -0.121. The van der Waals surface area contributed by atoms with Crippen molar-refractivity contribution in [3.8, 4) is 0 Å². The molecule has 2 aromatic heterocycles. The minimum absolute atomic E-state index is 0.00685. The number of hydrogen-bond acceptors (Lipinski definition) is 4. The van der Waals surface area contributed by atoms with Crippen LogP contribution in [-0.2, 0) is 24.1 Å². The van der Waals surface area contributed by atoms with E-state index in [-0.39, 0.29) is 11.5 Å². The van der Waals surface area contributed by atoms with Gasteiger partial charge < -0.3 is 10.3 Å². The molecule has 0 aliphatic heterocycles. The number of nitrogens with zero attached hydrogens (tertiary/aromatic N) is 1. The van der Waals surface area contributed by atoms with Crippen molar-refractivity contribution in [3.05, 3.63) is 62.5 Å². The molecule has 3 aromatic rings. The maximum absolute atomic E-state index is 12.6. The van der Waals surface area contributed by atoms with E-state index in [1.165, 1.54) is 22.4 Å². The number of thiophene rings is 1. The van der Waals surface area contributed by atoms with E-state index in [9.17, 15) is 9.59 Å². The Balaban J connectivity index is 1.38. The van der Waals surface area contributed by atoms with Gasteiger partial charge in [0.2, 0.25) is 5.91 Å². The molecule has 5 nitrogen and oxygen atoms in total. The average Bonchev–Trinajstić information content (AvgIpc) is 3.12. The maximum Gasteiger partial charge on any atom is 0.259 e. The summed E-state index contributed by atoms with van der Waals surface area (Å²) < 4.78 is 0. The van der Waals surface area contributed by atoms with Gasteiger partial charge in [-0.15, -0.1) is 11.3 Å². The molecule has 6 heteroatoms. The van der Waals surface area contributed by atoms with Crippen LogP contribution in [0.5, 0.6) is 0 Å². The smallest absolute Gasteiger partial charge is 0.259 e. The summed E-state index contributed by atoms with van der Waals surface area (Å²) in [6.07, 6.45) is 6.09. The standard InChI is InChI=1S/C23H27N3O2S/c1-2-15(16-8-4-3-5-9-16)14-24-20(27)13-12-19-25-22(28)21-17-10-6-7-11-18(17)29-23(21)26-19/h3-5,8-9,15H,2,6-7,10-14H2,1H3,(H,24,27)(H,25,26,28). The number of fused-ring (bicyclic) bond motifs is 3. The Hall–Kier alpha value is -2.47. The molecular formula is C23H27N3O2S.